The molecule has 136 valence electrons. The summed E-state index contributed by atoms with van der Waals surface area (Å²) in [5.74, 6) is 0.853. The van der Waals surface area contributed by atoms with Gasteiger partial charge in [-0.05, 0) is 38.0 Å². The van der Waals surface area contributed by atoms with Crippen molar-refractivity contribution < 1.29 is 0 Å². The van der Waals surface area contributed by atoms with Crippen LogP contribution in [0.3, 0.4) is 0 Å². The number of aryl methyl sites for hydroxylation is 2. The Bertz CT molecular complexity index is 635. The maximum Gasteiger partial charge on any atom is 0.191 e. The summed E-state index contributed by atoms with van der Waals surface area (Å²) in [6, 6.07) is 8.64. The molecule has 2 N–H and O–H groups in total. The number of nitrogens with one attached hydrogen (secondary N) is 2. The summed E-state index contributed by atoms with van der Waals surface area (Å²) >= 11 is 0. The van der Waals surface area contributed by atoms with Crippen LogP contribution in [0.15, 0.2) is 48.0 Å². The monoisotopic (exact) mass is 342 g/mol. The Balaban J connectivity index is 1.69. The molecule has 0 fully saturated rings. The number of aromatic nitrogens is 2. The van der Waals surface area contributed by atoms with E-state index >= 15 is 0 Å². The summed E-state index contributed by atoms with van der Waals surface area (Å²) in [5.41, 5.74) is 2.56. The molecule has 2 rings (SSSR count). The van der Waals surface area contributed by atoms with Crippen LogP contribution in [0, 0.1) is 6.92 Å². The number of guanidine groups is 1. The SMILES string of the molecule is CCN(CCNC(=NC)NCCCn1ccnc1)c1cccc(C)c1. The smallest absolute Gasteiger partial charge is 0.191 e. The third-order valence-electron chi connectivity index (χ3n) is 4.09. The van der Waals surface area contributed by atoms with E-state index in [0.29, 0.717) is 0 Å². The Hall–Kier alpha value is -2.50. The van der Waals surface area contributed by atoms with Crippen LogP contribution in [0.2, 0.25) is 0 Å². The van der Waals surface area contributed by atoms with Crippen molar-refractivity contribution in [2.45, 2.75) is 26.8 Å². The lowest BCUT2D eigenvalue weighted by atomic mass is 10.2. The number of aliphatic imine (C=N–C) groups is 1. The van der Waals surface area contributed by atoms with Gasteiger partial charge in [0.25, 0.3) is 0 Å². The molecule has 25 heavy (non-hydrogen) atoms. The molecular weight excluding hydrogens is 312 g/mol. The van der Waals surface area contributed by atoms with Gasteiger partial charge in [0.1, 0.15) is 0 Å². The second kappa shape index (κ2) is 10.4. The number of hydrogen-bond donors (Lipinski definition) is 2. The van der Waals surface area contributed by atoms with Gasteiger partial charge in [0, 0.05) is 57.9 Å². The summed E-state index contributed by atoms with van der Waals surface area (Å²) in [6.45, 7) is 8.94. The van der Waals surface area contributed by atoms with Gasteiger partial charge >= 0.3 is 0 Å². The zero-order chi connectivity index (χ0) is 17.9. The van der Waals surface area contributed by atoms with E-state index in [-0.39, 0.29) is 0 Å². The molecule has 0 radical (unpaired) electrons. The third-order valence-corrected chi connectivity index (χ3v) is 4.09. The van der Waals surface area contributed by atoms with Crippen molar-refractivity contribution in [3.63, 3.8) is 0 Å². The van der Waals surface area contributed by atoms with E-state index in [4.69, 9.17) is 0 Å². The molecule has 0 saturated carbocycles. The summed E-state index contributed by atoms with van der Waals surface area (Å²) in [5, 5.41) is 6.75. The fourth-order valence-corrected chi connectivity index (χ4v) is 2.71. The highest BCUT2D eigenvalue weighted by Crippen LogP contribution is 2.14. The van der Waals surface area contributed by atoms with Crippen LogP contribution in [0.4, 0.5) is 5.69 Å². The Morgan fingerprint density at radius 1 is 1.28 bits per heavy atom. The van der Waals surface area contributed by atoms with Gasteiger partial charge in [-0.1, -0.05) is 12.1 Å². The van der Waals surface area contributed by atoms with Crippen molar-refractivity contribution >= 4 is 11.6 Å². The quantitative estimate of drug-likeness (QED) is 0.417. The first-order chi connectivity index (χ1) is 12.2. The van der Waals surface area contributed by atoms with Crippen LogP contribution in [0.25, 0.3) is 0 Å². The van der Waals surface area contributed by atoms with Crippen molar-refractivity contribution in [2.24, 2.45) is 4.99 Å². The first kappa shape index (κ1) is 18.8. The van der Waals surface area contributed by atoms with Gasteiger partial charge in [-0.2, -0.15) is 0 Å². The molecule has 0 bridgehead atoms. The average molecular weight is 342 g/mol. The molecule has 6 heteroatoms. The molecule has 0 aliphatic rings. The maximum absolute atomic E-state index is 4.29. The first-order valence-electron chi connectivity index (χ1n) is 8.94. The number of benzene rings is 1. The molecule has 0 saturated heterocycles. The normalized spacial score (nSPS) is 11.4. The van der Waals surface area contributed by atoms with Crippen LogP contribution in [0.1, 0.15) is 18.9 Å². The molecule has 6 nitrogen and oxygen atoms in total. The zero-order valence-electron chi connectivity index (χ0n) is 15.6. The summed E-state index contributed by atoms with van der Waals surface area (Å²) in [4.78, 5) is 10.7. The van der Waals surface area contributed by atoms with Crippen LogP contribution < -0.4 is 15.5 Å². The summed E-state index contributed by atoms with van der Waals surface area (Å²) in [6.07, 6.45) is 6.67. The Labute approximate surface area is 151 Å². The Kier molecular flexibility index (Phi) is 7.82. The highest BCUT2D eigenvalue weighted by atomic mass is 15.2. The molecule has 0 unspecified atom stereocenters. The average Bonchev–Trinajstić information content (AvgIpc) is 3.14. The lowest BCUT2D eigenvalue weighted by Gasteiger charge is -2.24. The van der Waals surface area contributed by atoms with E-state index in [0.717, 1.165) is 45.1 Å². The predicted molar refractivity (Wildman–Crippen MR) is 105 cm³/mol. The van der Waals surface area contributed by atoms with Crippen LogP contribution in [0.5, 0.6) is 0 Å². The second-order valence-electron chi connectivity index (χ2n) is 6.00. The Morgan fingerprint density at radius 2 is 2.12 bits per heavy atom. The van der Waals surface area contributed by atoms with Crippen LogP contribution >= 0.6 is 0 Å². The fraction of sp³-hybridized carbons (Fsp3) is 0.474. The predicted octanol–water partition coefficient (Wildman–Crippen LogP) is 2.27. The van der Waals surface area contributed by atoms with Gasteiger partial charge in [0.15, 0.2) is 5.96 Å². The van der Waals surface area contributed by atoms with Crippen molar-refractivity contribution in [3.8, 4) is 0 Å². The molecular formula is C19H30N6. The highest BCUT2D eigenvalue weighted by molar-refractivity contribution is 5.79. The highest BCUT2D eigenvalue weighted by Gasteiger charge is 2.05. The second-order valence-corrected chi connectivity index (χ2v) is 6.00. The van der Waals surface area contributed by atoms with E-state index in [1.807, 2.05) is 25.8 Å². The number of nitrogens with zero attached hydrogens (tertiary/aromatic N) is 4. The minimum Gasteiger partial charge on any atom is -0.370 e. The lowest BCUT2D eigenvalue weighted by molar-refractivity contribution is 0.624. The number of hydrogen-bond acceptors (Lipinski definition) is 3. The molecule has 1 heterocycles. The van der Waals surface area contributed by atoms with Crippen LogP contribution in [-0.4, -0.2) is 48.7 Å². The summed E-state index contributed by atoms with van der Waals surface area (Å²) in [7, 11) is 1.81. The van der Waals surface area contributed by atoms with E-state index < -0.39 is 0 Å². The van der Waals surface area contributed by atoms with E-state index in [9.17, 15) is 0 Å². The molecule has 0 aliphatic heterocycles. The van der Waals surface area contributed by atoms with Gasteiger partial charge in [-0.3, -0.25) is 4.99 Å². The van der Waals surface area contributed by atoms with Crippen molar-refractivity contribution in [2.75, 3.05) is 38.1 Å². The zero-order valence-corrected chi connectivity index (χ0v) is 15.6. The van der Waals surface area contributed by atoms with Gasteiger partial charge in [0.05, 0.1) is 6.33 Å². The minimum absolute atomic E-state index is 0.850. The summed E-state index contributed by atoms with van der Waals surface area (Å²) < 4.78 is 2.08. The largest absolute Gasteiger partial charge is 0.370 e. The van der Waals surface area contributed by atoms with Crippen LogP contribution in [-0.2, 0) is 6.54 Å². The number of rotatable bonds is 9. The molecule has 1 aromatic heterocycles. The van der Waals surface area contributed by atoms with E-state index in [2.05, 4.69) is 68.2 Å². The topological polar surface area (TPSA) is 57.5 Å². The number of likely N-dealkylation sites (N-methyl/N-ethyl adjacent to an activating group) is 1. The van der Waals surface area contributed by atoms with E-state index in [1.165, 1.54) is 11.3 Å². The molecule has 2 aromatic rings. The minimum atomic E-state index is 0.850. The molecule has 0 aliphatic carbocycles. The molecule has 0 atom stereocenters. The van der Waals surface area contributed by atoms with Gasteiger partial charge in [-0.15, -0.1) is 0 Å². The van der Waals surface area contributed by atoms with Gasteiger partial charge in [-0.25, -0.2) is 4.98 Å². The number of anilines is 1. The molecule has 0 amide bonds. The van der Waals surface area contributed by atoms with Gasteiger partial charge in [0.2, 0.25) is 0 Å². The lowest BCUT2D eigenvalue weighted by Crippen LogP contribution is -2.42. The van der Waals surface area contributed by atoms with Crippen molar-refractivity contribution in [1.29, 1.82) is 0 Å². The fourth-order valence-electron chi connectivity index (χ4n) is 2.71. The first-order valence-corrected chi connectivity index (χ1v) is 8.94. The van der Waals surface area contributed by atoms with Crippen molar-refractivity contribution in [3.05, 3.63) is 48.5 Å². The number of imidazole rings is 1. The van der Waals surface area contributed by atoms with E-state index in [1.54, 1.807) is 0 Å². The van der Waals surface area contributed by atoms with Crippen molar-refractivity contribution in [1.82, 2.24) is 20.2 Å². The Morgan fingerprint density at radius 3 is 2.80 bits per heavy atom. The maximum atomic E-state index is 4.29. The third kappa shape index (κ3) is 6.49. The molecule has 1 aromatic carbocycles. The molecule has 0 spiro atoms. The standard InChI is InChI=1S/C19H30N6/c1-4-25(18-8-5-7-17(2)15-18)14-11-23-19(20-3)22-9-6-12-24-13-10-21-16-24/h5,7-8,10,13,15-16H,4,6,9,11-12,14H2,1-3H3,(H2,20,22,23). The van der Waals surface area contributed by atoms with Gasteiger partial charge < -0.3 is 20.1 Å².